The number of carbonyl (C=O) groups excluding carboxylic acids is 3. The first-order valence-corrected chi connectivity index (χ1v) is 8.20. The molecular formula is C12H20O6P+. The first kappa shape index (κ1) is 17.6. The first-order chi connectivity index (χ1) is 8.81. The quantitative estimate of drug-likeness (QED) is 0.293. The average molecular weight is 291 g/mol. The molecule has 0 rings (SSSR count). The highest BCUT2D eigenvalue weighted by Gasteiger charge is 2.41. The lowest BCUT2D eigenvalue weighted by atomic mass is 10.8. The number of rotatable bonds is 8. The zero-order valence-electron chi connectivity index (χ0n) is 11.5. The predicted molar refractivity (Wildman–Crippen MR) is 71.9 cm³/mol. The molecule has 7 heteroatoms. The Morgan fingerprint density at radius 3 is 1.42 bits per heavy atom. The minimum absolute atomic E-state index is 0.0922. The molecule has 0 atom stereocenters. The van der Waals surface area contributed by atoms with Gasteiger partial charge in [0.05, 0.1) is 6.16 Å². The van der Waals surface area contributed by atoms with Crippen molar-refractivity contribution in [2.45, 2.75) is 20.8 Å². The fraction of sp³-hybridized carbons (Fsp3) is 0.583. The van der Waals surface area contributed by atoms with Crippen molar-refractivity contribution in [3.05, 3.63) is 12.7 Å². The van der Waals surface area contributed by atoms with Crippen LogP contribution in [-0.2, 0) is 28.6 Å². The molecule has 0 saturated carbocycles. The van der Waals surface area contributed by atoms with Crippen molar-refractivity contribution in [3.8, 4) is 0 Å². The van der Waals surface area contributed by atoms with Gasteiger partial charge in [0.1, 0.15) is 7.26 Å². The summed E-state index contributed by atoms with van der Waals surface area (Å²) in [5.41, 5.74) is 0. The lowest BCUT2D eigenvalue weighted by Gasteiger charge is -2.23. The highest BCUT2D eigenvalue weighted by atomic mass is 31.2. The summed E-state index contributed by atoms with van der Waals surface area (Å²) in [6.45, 7) is 7.51. The van der Waals surface area contributed by atoms with Crippen LogP contribution in [-0.4, -0.2) is 43.1 Å². The van der Waals surface area contributed by atoms with E-state index in [0.29, 0.717) is 6.16 Å². The van der Waals surface area contributed by atoms with Gasteiger partial charge in [-0.05, 0) is 0 Å². The van der Waals surface area contributed by atoms with Crippen LogP contribution in [0.25, 0.3) is 0 Å². The number of ether oxygens (including phenoxy) is 3. The second-order valence-corrected chi connectivity index (χ2v) is 7.93. The summed E-state index contributed by atoms with van der Waals surface area (Å²) in [5.74, 6) is -1.29. The van der Waals surface area contributed by atoms with Crippen LogP contribution >= 0.6 is 7.26 Å². The summed E-state index contributed by atoms with van der Waals surface area (Å²) in [6, 6.07) is 0. The summed E-state index contributed by atoms with van der Waals surface area (Å²) < 4.78 is 15.0. The summed E-state index contributed by atoms with van der Waals surface area (Å²) in [6.07, 6.45) is 2.41. The maximum Gasteiger partial charge on any atom is 0.305 e. The molecule has 0 aromatic carbocycles. The standard InChI is InChI=1S/C12H20O6P/c1-5-6-19(7-16-10(2)13,8-17-11(3)14)9-18-12(4)15/h5H,1,6-9H2,2-4H3/q+1. The Morgan fingerprint density at radius 2 is 1.21 bits per heavy atom. The van der Waals surface area contributed by atoms with Gasteiger partial charge < -0.3 is 14.2 Å². The summed E-state index contributed by atoms with van der Waals surface area (Å²) >= 11 is 0. The summed E-state index contributed by atoms with van der Waals surface area (Å²) in [4.78, 5) is 32.8. The predicted octanol–water partition coefficient (Wildman–Crippen LogP) is 1.75. The zero-order chi connectivity index (χ0) is 14.9. The second kappa shape index (κ2) is 8.64. The monoisotopic (exact) mass is 291 g/mol. The molecule has 0 spiro atoms. The highest BCUT2D eigenvalue weighted by molar-refractivity contribution is 7.75. The average Bonchev–Trinajstić information content (AvgIpc) is 2.31. The van der Waals surface area contributed by atoms with E-state index in [2.05, 4.69) is 6.58 Å². The topological polar surface area (TPSA) is 78.9 Å². The molecule has 0 amide bonds. The maximum absolute atomic E-state index is 10.9. The van der Waals surface area contributed by atoms with E-state index in [9.17, 15) is 14.4 Å². The van der Waals surface area contributed by atoms with Gasteiger partial charge in [0.25, 0.3) is 0 Å². The van der Waals surface area contributed by atoms with Gasteiger partial charge in [-0.15, -0.1) is 0 Å². The van der Waals surface area contributed by atoms with Crippen molar-refractivity contribution in [1.82, 2.24) is 0 Å². The van der Waals surface area contributed by atoms with Gasteiger partial charge in [0.2, 0.25) is 19.0 Å². The van der Waals surface area contributed by atoms with Crippen LogP contribution in [0.2, 0.25) is 0 Å². The molecule has 0 aromatic rings. The summed E-state index contributed by atoms with van der Waals surface area (Å²) in [5, 5.41) is 0. The highest BCUT2D eigenvalue weighted by Crippen LogP contribution is 2.58. The Balaban J connectivity index is 4.84. The zero-order valence-corrected chi connectivity index (χ0v) is 12.4. The molecule has 0 radical (unpaired) electrons. The van der Waals surface area contributed by atoms with Crippen LogP contribution in [0.1, 0.15) is 20.8 Å². The second-order valence-electron chi connectivity index (χ2n) is 4.11. The molecule has 108 valence electrons. The largest absolute Gasteiger partial charge is 0.430 e. The molecule has 0 aliphatic heterocycles. The lowest BCUT2D eigenvalue weighted by Crippen LogP contribution is -2.20. The van der Waals surface area contributed by atoms with E-state index < -0.39 is 25.2 Å². The van der Waals surface area contributed by atoms with Crippen molar-refractivity contribution in [2.24, 2.45) is 0 Å². The fourth-order valence-electron chi connectivity index (χ4n) is 1.23. The molecular weight excluding hydrogens is 271 g/mol. The molecule has 0 bridgehead atoms. The van der Waals surface area contributed by atoms with Crippen LogP contribution in [0.4, 0.5) is 0 Å². The third-order valence-electron chi connectivity index (χ3n) is 2.14. The molecule has 0 fully saturated rings. The number of esters is 3. The lowest BCUT2D eigenvalue weighted by molar-refractivity contribution is -0.139. The van der Waals surface area contributed by atoms with Gasteiger partial charge in [-0.3, -0.25) is 14.4 Å². The first-order valence-electron chi connectivity index (χ1n) is 5.67. The minimum atomic E-state index is -2.11. The Bertz CT molecular complexity index is 307. The van der Waals surface area contributed by atoms with Crippen molar-refractivity contribution in [3.63, 3.8) is 0 Å². The van der Waals surface area contributed by atoms with Gasteiger partial charge in [0, 0.05) is 20.8 Å². The van der Waals surface area contributed by atoms with Gasteiger partial charge in [0.15, 0.2) is 0 Å². The SMILES string of the molecule is C=CC[P+](COC(C)=O)(COC(C)=O)COC(C)=O. The normalized spacial score (nSPS) is 10.5. The summed E-state index contributed by atoms with van der Waals surface area (Å²) in [7, 11) is -2.11. The van der Waals surface area contributed by atoms with Crippen molar-refractivity contribution in [2.75, 3.05) is 25.2 Å². The Kier molecular flexibility index (Phi) is 8.00. The van der Waals surface area contributed by atoms with Crippen LogP contribution in [0.15, 0.2) is 12.7 Å². The van der Waals surface area contributed by atoms with Crippen molar-refractivity contribution < 1.29 is 28.6 Å². The van der Waals surface area contributed by atoms with Crippen molar-refractivity contribution in [1.29, 1.82) is 0 Å². The van der Waals surface area contributed by atoms with Crippen LogP contribution in [0.5, 0.6) is 0 Å². The van der Waals surface area contributed by atoms with Crippen LogP contribution in [0, 0.1) is 0 Å². The molecule has 19 heavy (non-hydrogen) atoms. The third-order valence-corrected chi connectivity index (χ3v) is 5.20. The van der Waals surface area contributed by atoms with Gasteiger partial charge in [-0.2, -0.15) is 0 Å². The van der Waals surface area contributed by atoms with E-state index in [-0.39, 0.29) is 19.0 Å². The third kappa shape index (κ3) is 8.32. The number of hydrogen-bond donors (Lipinski definition) is 0. The molecule has 0 aliphatic carbocycles. The molecule has 0 unspecified atom stereocenters. The van der Waals surface area contributed by atoms with E-state index >= 15 is 0 Å². The maximum atomic E-state index is 10.9. The minimum Gasteiger partial charge on any atom is -0.430 e. The molecule has 0 N–H and O–H groups in total. The van der Waals surface area contributed by atoms with E-state index in [4.69, 9.17) is 14.2 Å². The van der Waals surface area contributed by atoms with E-state index in [1.807, 2.05) is 0 Å². The molecule has 6 nitrogen and oxygen atoms in total. The molecule has 0 aliphatic rings. The fourth-order valence-corrected chi connectivity index (χ4v) is 3.68. The van der Waals surface area contributed by atoms with Crippen molar-refractivity contribution >= 4 is 25.2 Å². The smallest absolute Gasteiger partial charge is 0.305 e. The van der Waals surface area contributed by atoms with E-state index in [1.54, 1.807) is 6.08 Å². The Hall–Kier alpha value is -1.42. The number of carbonyl (C=O) groups is 3. The van der Waals surface area contributed by atoms with Crippen LogP contribution < -0.4 is 0 Å². The Labute approximate surface area is 113 Å². The Morgan fingerprint density at radius 1 is 0.895 bits per heavy atom. The van der Waals surface area contributed by atoms with Gasteiger partial charge >= 0.3 is 17.9 Å². The molecule has 0 aromatic heterocycles. The van der Waals surface area contributed by atoms with Gasteiger partial charge in [-0.25, -0.2) is 0 Å². The molecule has 0 heterocycles. The number of hydrogen-bond acceptors (Lipinski definition) is 6. The van der Waals surface area contributed by atoms with E-state index in [0.717, 1.165) is 0 Å². The van der Waals surface area contributed by atoms with E-state index in [1.165, 1.54) is 20.8 Å². The van der Waals surface area contributed by atoms with Crippen LogP contribution in [0.3, 0.4) is 0 Å². The number of allylic oxidation sites excluding steroid dienone is 1. The molecule has 0 saturated heterocycles. The van der Waals surface area contributed by atoms with Gasteiger partial charge in [-0.1, -0.05) is 12.7 Å².